The van der Waals surface area contributed by atoms with Crippen LogP contribution in [0.5, 0.6) is 0 Å². The van der Waals surface area contributed by atoms with Gasteiger partial charge in [0.25, 0.3) is 0 Å². The number of hydrogen-bond acceptors (Lipinski definition) is 3. The van der Waals surface area contributed by atoms with Gasteiger partial charge in [0, 0.05) is 23.9 Å². The molecule has 0 radical (unpaired) electrons. The maximum atomic E-state index is 13.1. The lowest BCUT2D eigenvalue weighted by molar-refractivity contribution is -0.0514. The van der Waals surface area contributed by atoms with E-state index in [0.29, 0.717) is 5.56 Å². The molecule has 0 aromatic carbocycles. The third-order valence-electron chi connectivity index (χ3n) is 3.13. The van der Waals surface area contributed by atoms with Crippen LogP contribution in [0.3, 0.4) is 0 Å². The first kappa shape index (κ1) is 12.9. The average molecular weight is 282 g/mol. The van der Waals surface area contributed by atoms with Crippen molar-refractivity contribution < 1.29 is 8.78 Å². The zero-order valence-electron chi connectivity index (χ0n) is 8.89. The Kier molecular flexibility index (Phi) is 3.27. The maximum Gasteiger partial charge on any atom is 0.248 e. The van der Waals surface area contributed by atoms with E-state index in [1.165, 1.54) is 6.33 Å². The van der Waals surface area contributed by atoms with Crippen LogP contribution in [0.15, 0.2) is 6.33 Å². The monoisotopic (exact) mass is 281 g/mol. The van der Waals surface area contributed by atoms with E-state index < -0.39 is 11.5 Å². The van der Waals surface area contributed by atoms with Crippen molar-refractivity contribution in [3.63, 3.8) is 0 Å². The lowest BCUT2D eigenvalue weighted by Gasteiger charge is -2.37. The third-order valence-corrected chi connectivity index (χ3v) is 3.70. The highest BCUT2D eigenvalue weighted by molar-refractivity contribution is 6.34. The van der Waals surface area contributed by atoms with E-state index in [2.05, 4.69) is 9.97 Å². The molecule has 0 bridgehead atoms. The van der Waals surface area contributed by atoms with E-state index in [0.717, 1.165) is 0 Å². The summed E-state index contributed by atoms with van der Waals surface area (Å²) >= 11 is 11.8. The van der Waals surface area contributed by atoms with Crippen LogP contribution in [0.25, 0.3) is 0 Å². The van der Waals surface area contributed by atoms with Crippen LogP contribution in [0.1, 0.15) is 31.2 Å². The van der Waals surface area contributed by atoms with Gasteiger partial charge in [0.1, 0.15) is 16.6 Å². The predicted octanol–water partition coefficient (Wildman–Crippen LogP) is 3.15. The highest BCUT2D eigenvalue weighted by Crippen LogP contribution is 2.45. The standard InChI is InChI=1S/C10H11Cl2F2N3/c11-7-6(8(12)17-5-16-7)9(15)1-3-10(13,14)4-2-9/h5H,1-4,15H2. The highest BCUT2D eigenvalue weighted by Gasteiger charge is 2.44. The number of aromatic nitrogens is 2. The summed E-state index contributed by atoms with van der Waals surface area (Å²) < 4.78 is 26.2. The first-order valence-electron chi connectivity index (χ1n) is 5.17. The molecule has 1 aromatic heterocycles. The minimum Gasteiger partial charge on any atom is -0.321 e. The summed E-state index contributed by atoms with van der Waals surface area (Å²) in [6, 6.07) is 0. The van der Waals surface area contributed by atoms with Gasteiger partial charge in [0.2, 0.25) is 5.92 Å². The molecule has 0 saturated heterocycles. The first-order chi connectivity index (χ1) is 7.84. The van der Waals surface area contributed by atoms with Crippen LogP contribution in [-0.4, -0.2) is 15.9 Å². The molecule has 17 heavy (non-hydrogen) atoms. The second-order valence-corrected chi connectivity index (χ2v) is 5.06. The second kappa shape index (κ2) is 4.30. The molecule has 2 N–H and O–H groups in total. The number of halogens is 4. The molecule has 3 nitrogen and oxygen atoms in total. The molecule has 7 heteroatoms. The summed E-state index contributed by atoms with van der Waals surface area (Å²) in [7, 11) is 0. The molecule has 1 heterocycles. The maximum absolute atomic E-state index is 13.1. The second-order valence-electron chi connectivity index (χ2n) is 4.34. The Morgan fingerprint density at radius 2 is 1.53 bits per heavy atom. The van der Waals surface area contributed by atoms with Crippen molar-refractivity contribution in [3.05, 3.63) is 22.2 Å². The van der Waals surface area contributed by atoms with Crippen LogP contribution < -0.4 is 5.73 Å². The largest absolute Gasteiger partial charge is 0.321 e. The minimum atomic E-state index is -2.66. The zero-order chi connectivity index (χ0) is 12.7. The molecule has 1 aliphatic carbocycles. The van der Waals surface area contributed by atoms with Gasteiger partial charge >= 0.3 is 0 Å². The Labute approximate surface area is 107 Å². The predicted molar refractivity (Wildman–Crippen MR) is 61.3 cm³/mol. The number of nitrogens with two attached hydrogens (primary N) is 1. The van der Waals surface area contributed by atoms with Crippen molar-refractivity contribution in [1.29, 1.82) is 0 Å². The van der Waals surface area contributed by atoms with Crippen molar-refractivity contribution in [2.24, 2.45) is 5.73 Å². The van der Waals surface area contributed by atoms with Gasteiger partial charge in [-0.25, -0.2) is 18.7 Å². The normalized spacial score (nSPS) is 22.4. The van der Waals surface area contributed by atoms with Crippen LogP contribution in [0.2, 0.25) is 10.3 Å². The minimum absolute atomic E-state index is 0.118. The molecule has 1 fully saturated rings. The van der Waals surface area contributed by atoms with Gasteiger partial charge in [0.15, 0.2) is 0 Å². The molecule has 1 aromatic rings. The summed E-state index contributed by atoms with van der Waals surface area (Å²) in [5.74, 6) is -2.66. The van der Waals surface area contributed by atoms with Crippen molar-refractivity contribution >= 4 is 23.2 Å². The fraction of sp³-hybridized carbons (Fsp3) is 0.600. The van der Waals surface area contributed by atoms with Crippen molar-refractivity contribution in [2.45, 2.75) is 37.1 Å². The van der Waals surface area contributed by atoms with Gasteiger partial charge in [-0.05, 0) is 12.8 Å². The molecular formula is C10H11Cl2F2N3. The van der Waals surface area contributed by atoms with Gasteiger partial charge in [-0.1, -0.05) is 23.2 Å². The quantitative estimate of drug-likeness (QED) is 0.805. The summed E-state index contributed by atoms with van der Waals surface area (Å²) in [5, 5.41) is 0.274. The van der Waals surface area contributed by atoms with Gasteiger partial charge in [-0.15, -0.1) is 0 Å². The Bertz CT molecular complexity index is 409. The smallest absolute Gasteiger partial charge is 0.248 e. The molecule has 94 valence electrons. The lowest BCUT2D eigenvalue weighted by Crippen LogP contribution is -2.44. The van der Waals surface area contributed by atoms with Gasteiger partial charge in [0.05, 0.1) is 0 Å². The highest BCUT2D eigenvalue weighted by atomic mass is 35.5. The Balaban J connectivity index is 2.34. The van der Waals surface area contributed by atoms with Crippen LogP contribution >= 0.6 is 23.2 Å². The number of hydrogen-bond donors (Lipinski definition) is 1. The van der Waals surface area contributed by atoms with E-state index in [-0.39, 0.29) is 36.0 Å². The van der Waals surface area contributed by atoms with E-state index in [4.69, 9.17) is 28.9 Å². The van der Waals surface area contributed by atoms with Gasteiger partial charge in [-0.3, -0.25) is 0 Å². The van der Waals surface area contributed by atoms with Crippen molar-refractivity contribution in [3.8, 4) is 0 Å². The molecule has 0 amide bonds. The van der Waals surface area contributed by atoms with Crippen LogP contribution in [-0.2, 0) is 5.54 Å². The van der Waals surface area contributed by atoms with E-state index >= 15 is 0 Å². The fourth-order valence-electron chi connectivity index (χ4n) is 2.07. The molecular weight excluding hydrogens is 271 g/mol. The number of nitrogens with zero attached hydrogens (tertiary/aromatic N) is 2. The summed E-state index contributed by atoms with van der Waals surface area (Å²) in [5.41, 5.74) is 5.53. The van der Waals surface area contributed by atoms with Crippen LogP contribution in [0.4, 0.5) is 8.78 Å². The summed E-state index contributed by atoms with van der Waals surface area (Å²) in [6.07, 6.45) is 0.907. The summed E-state index contributed by atoms with van der Waals surface area (Å²) in [6.45, 7) is 0. The van der Waals surface area contributed by atoms with E-state index in [1.54, 1.807) is 0 Å². The molecule has 2 rings (SSSR count). The fourth-order valence-corrected chi connectivity index (χ4v) is 2.76. The van der Waals surface area contributed by atoms with Gasteiger partial charge in [-0.2, -0.15) is 0 Å². The zero-order valence-corrected chi connectivity index (χ0v) is 10.4. The Hall–Kier alpha value is -0.520. The third kappa shape index (κ3) is 2.51. The Morgan fingerprint density at radius 3 is 2.00 bits per heavy atom. The van der Waals surface area contributed by atoms with Gasteiger partial charge < -0.3 is 5.73 Å². The Morgan fingerprint density at radius 1 is 1.06 bits per heavy atom. The van der Waals surface area contributed by atoms with Crippen LogP contribution in [0, 0.1) is 0 Å². The first-order valence-corrected chi connectivity index (χ1v) is 5.93. The van der Waals surface area contributed by atoms with E-state index in [1.807, 2.05) is 0 Å². The molecule has 1 saturated carbocycles. The summed E-state index contributed by atoms with van der Waals surface area (Å²) in [4.78, 5) is 7.60. The van der Waals surface area contributed by atoms with Crippen molar-refractivity contribution in [2.75, 3.05) is 0 Å². The molecule has 0 atom stereocenters. The molecule has 0 unspecified atom stereocenters. The lowest BCUT2D eigenvalue weighted by atomic mass is 9.77. The number of alkyl halides is 2. The van der Waals surface area contributed by atoms with Crippen molar-refractivity contribution in [1.82, 2.24) is 9.97 Å². The molecule has 0 aliphatic heterocycles. The molecule has 0 spiro atoms. The van der Waals surface area contributed by atoms with E-state index in [9.17, 15) is 8.78 Å². The SMILES string of the molecule is NC1(c2c(Cl)ncnc2Cl)CCC(F)(F)CC1. The molecule has 1 aliphatic rings. The average Bonchev–Trinajstić information content (AvgIpc) is 2.23. The number of rotatable bonds is 1. The topological polar surface area (TPSA) is 51.8 Å².